The van der Waals surface area contributed by atoms with Crippen molar-refractivity contribution >= 4 is 11.6 Å². The highest BCUT2D eigenvalue weighted by molar-refractivity contribution is 5.98. The molecule has 1 aromatic rings. The Labute approximate surface area is 114 Å². The van der Waals surface area contributed by atoms with Crippen LogP contribution in [0.25, 0.3) is 0 Å². The normalized spacial score (nSPS) is 15.5. The molecule has 4 heteroatoms. The van der Waals surface area contributed by atoms with E-state index in [0.29, 0.717) is 6.54 Å². The third kappa shape index (κ3) is 2.45. The standard InChI is InChI=1S/C15H22N2O2/c1-10(2)17-12-7-11(15(3,4)9-16)5-6-13(12)19-8-14(17)18/h5-7,10H,8-9,16H2,1-4H3. The summed E-state index contributed by atoms with van der Waals surface area (Å²) in [4.78, 5) is 13.8. The van der Waals surface area contributed by atoms with E-state index in [1.807, 2.05) is 32.0 Å². The smallest absolute Gasteiger partial charge is 0.265 e. The van der Waals surface area contributed by atoms with Gasteiger partial charge in [-0.3, -0.25) is 4.79 Å². The summed E-state index contributed by atoms with van der Waals surface area (Å²) in [5, 5.41) is 0. The van der Waals surface area contributed by atoms with Gasteiger partial charge in [-0.25, -0.2) is 0 Å². The van der Waals surface area contributed by atoms with Crippen LogP contribution in [0.1, 0.15) is 33.3 Å². The molecule has 1 aromatic carbocycles. The number of anilines is 1. The van der Waals surface area contributed by atoms with E-state index in [1.165, 1.54) is 0 Å². The van der Waals surface area contributed by atoms with Crippen molar-refractivity contribution in [1.29, 1.82) is 0 Å². The van der Waals surface area contributed by atoms with Gasteiger partial charge >= 0.3 is 0 Å². The number of amides is 1. The minimum atomic E-state index is -0.113. The second-order valence-corrected chi connectivity index (χ2v) is 5.92. The quantitative estimate of drug-likeness (QED) is 0.907. The highest BCUT2D eigenvalue weighted by atomic mass is 16.5. The van der Waals surface area contributed by atoms with Crippen LogP contribution in [0.2, 0.25) is 0 Å². The second-order valence-electron chi connectivity index (χ2n) is 5.92. The zero-order valence-corrected chi connectivity index (χ0v) is 12.1. The fourth-order valence-corrected chi connectivity index (χ4v) is 2.28. The first-order valence-corrected chi connectivity index (χ1v) is 6.66. The predicted molar refractivity (Wildman–Crippen MR) is 76.6 cm³/mol. The van der Waals surface area contributed by atoms with E-state index in [2.05, 4.69) is 13.8 Å². The van der Waals surface area contributed by atoms with Crippen molar-refractivity contribution < 1.29 is 9.53 Å². The molecule has 0 spiro atoms. The Bertz CT molecular complexity index is 495. The number of hydrogen-bond donors (Lipinski definition) is 1. The Morgan fingerprint density at radius 2 is 2.11 bits per heavy atom. The first kappa shape index (κ1) is 13.9. The van der Waals surface area contributed by atoms with E-state index in [0.717, 1.165) is 17.0 Å². The maximum atomic E-state index is 12.0. The van der Waals surface area contributed by atoms with Crippen LogP contribution in [0, 0.1) is 0 Å². The molecule has 0 saturated heterocycles. The number of rotatable bonds is 3. The van der Waals surface area contributed by atoms with Gasteiger partial charge < -0.3 is 15.4 Å². The topological polar surface area (TPSA) is 55.6 Å². The van der Waals surface area contributed by atoms with E-state index >= 15 is 0 Å². The van der Waals surface area contributed by atoms with E-state index in [9.17, 15) is 4.79 Å². The summed E-state index contributed by atoms with van der Waals surface area (Å²) in [6.07, 6.45) is 0. The van der Waals surface area contributed by atoms with Crippen LogP contribution < -0.4 is 15.4 Å². The molecule has 1 heterocycles. The molecule has 2 N–H and O–H groups in total. The summed E-state index contributed by atoms with van der Waals surface area (Å²) >= 11 is 0. The molecule has 0 aromatic heterocycles. The Balaban J connectivity index is 2.50. The van der Waals surface area contributed by atoms with Gasteiger partial charge in [-0.05, 0) is 31.5 Å². The molecule has 0 fully saturated rings. The lowest BCUT2D eigenvalue weighted by Gasteiger charge is -2.34. The van der Waals surface area contributed by atoms with Crippen molar-refractivity contribution in [2.75, 3.05) is 18.1 Å². The third-order valence-corrected chi connectivity index (χ3v) is 3.65. The zero-order chi connectivity index (χ0) is 14.2. The van der Waals surface area contributed by atoms with Gasteiger partial charge in [0, 0.05) is 18.0 Å². The number of ether oxygens (including phenoxy) is 1. The summed E-state index contributed by atoms with van der Waals surface area (Å²) in [5.41, 5.74) is 7.69. The van der Waals surface area contributed by atoms with Crippen LogP contribution in [0.4, 0.5) is 5.69 Å². The lowest BCUT2D eigenvalue weighted by atomic mass is 9.84. The van der Waals surface area contributed by atoms with Crippen LogP contribution in [-0.4, -0.2) is 25.1 Å². The SMILES string of the molecule is CC(C)N1C(=O)COc2ccc(C(C)(C)CN)cc21. The van der Waals surface area contributed by atoms with Crippen molar-refractivity contribution in [3.8, 4) is 5.75 Å². The van der Waals surface area contributed by atoms with Gasteiger partial charge in [0.25, 0.3) is 5.91 Å². The van der Waals surface area contributed by atoms with Gasteiger partial charge in [0.2, 0.25) is 0 Å². The first-order valence-electron chi connectivity index (χ1n) is 6.66. The fourth-order valence-electron chi connectivity index (χ4n) is 2.28. The van der Waals surface area contributed by atoms with E-state index in [-0.39, 0.29) is 24.0 Å². The Hall–Kier alpha value is -1.55. The first-order chi connectivity index (χ1) is 8.86. The Kier molecular flexibility index (Phi) is 3.54. The number of carbonyl (C=O) groups is 1. The largest absolute Gasteiger partial charge is 0.482 e. The van der Waals surface area contributed by atoms with E-state index in [1.54, 1.807) is 4.90 Å². The van der Waals surface area contributed by atoms with Crippen LogP contribution in [0.5, 0.6) is 5.75 Å². The number of nitrogens with two attached hydrogens (primary N) is 1. The molecular weight excluding hydrogens is 240 g/mol. The van der Waals surface area contributed by atoms with Gasteiger partial charge in [-0.15, -0.1) is 0 Å². The summed E-state index contributed by atoms with van der Waals surface area (Å²) in [6.45, 7) is 8.88. The molecule has 4 nitrogen and oxygen atoms in total. The molecule has 1 aliphatic heterocycles. The third-order valence-electron chi connectivity index (χ3n) is 3.65. The van der Waals surface area contributed by atoms with E-state index in [4.69, 9.17) is 10.5 Å². The van der Waals surface area contributed by atoms with Crippen LogP contribution in [-0.2, 0) is 10.2 Å². The van der Waals surface area contributed by atoms with Crippen molar-refractivity contribution in [2.24, 2.45) is 5.73 Å². The highest BCUT2D eigenvalue weighted by Crippen LogP contribution is 2.37. The molecular formula is C15H22N2O2. The lowest BCUT2D eigenvalue weighted by Crippen LogP contribution is -2.43. The molecule has 0 bridgehead atoms. The number of carbonyl (C=O) groups excluding carboxylic acids is 1. The van der Waals surface area contributed by atoms with E-state index < -0.39 is 0 Å². The number of hydrogen-bond acceptors (Lipinski definition) is 3. The van der Waals surface area contributed by atoms with Gasteiger partial charge in [0.05, 0.1) is 5.69 Å². The Morgan fingerprint density at radius 1 is 1.42 bits per heavy atom. The molecule has 0 saturated carbocycles. The molecule has 104 valence electrons. The van der Waals surface area contributed by atoms with Gasteiger partial charge in [-0.1, -0.05) is 19.9 Å². The Morgan fingerprint density at radius 3 is 2.68 bits per heavy atom. The van der Waals surface area contributed by atoms with Crippen molar-refractivity contribution in [3.05, 3.63) is 23.8 Å². The molecule has 19 heavy (non-hydrogen) atoms. The number of fused-ring (bicyclic) bond motifs is 1. The highest BCUT2D eigenvalue weighted by Gasteiger charge is 2.29. The van der Waals surface area contributed by atoms with Gasteiger partial charge in [0.1, 0.15) is 5.75 Å². The van der Waals surface area contributed by atoms with Crippen LogP contribution in [0.15, 0.2) is 18.2 Å². The molecule has 0 atom stereocenters. The lowest BCUT2D eigenvalue weighted by molar-refractivity contribution is -0.121. The monoisotopic (exact) mass is 262 g/mol. The number of benzene rings is 1. The molecule has 0 aliphatic carbocycles. The van der Waals surface area contributed by atoms with Crippen molar-refractivity contribution in [3.63, 3.8) is 0 Å². The van der Waals surface area contributed by atoms with Crippen molar-refractivity contribution in [1.82, 2.24) is 0 Å². The van der Waals surface area contributed by atoms with Gasteiger partial charge in [-0.2, -0.15) is 0 Å². The molecule has 0 radical (unpaired) electrons. The summed E-state index contributed by atoms with van der Waals surface area (Å²) in [7, 11) is 0. The second kappa shape index (κ2) is 4.85. The van der Waals surface area contributed by atoms with Crippen LogP contribution >= 0.6 is 0 Å². The average molecular weight is 262 g/mol. The maximum absolute atomic E-state index is 12.0. The summed E-state index contributed by atoms with van der Waals surface area (Å²) in [5.74, 6) is 0.773. The maximum Gasteiger partial charge on any atom is 0.265 e. The molecule has 0 unspecified atom stereocenters. The summed E-state index contributed by atoms with van der Waals surface area (Å²) < 4.78 is 5.49. The molecule has 2 rings (SSSR count). The molecule has 1 amide bonds. The summed E-state index contributed by atoms with van der Waals surface area (Å²) in [6, 6.07) is 6.11. The number of nitrogens with zero attached hydrogens (tertiary/aromatic N) is 1. The molecule has 1 aliphatic rings. The minimum Gasteiger partial charge on any atom is -0.482 e. The van der Waals surface area contributed by atoms with Gasteiger partial charge in [0.15, 0.2) is 6.61 Å². The zero-order valence-electron chi connectivity index (χ0n) is 12.1. The minimum absolute atomic E-state index is 0.00482. The van der Waals surface area contributed by atoms with Crippen LogP contribution in [0.3, 0.4) is 0 Å². The van der Waals surface area contributed by atoms with Crippen molar-refractivity contribution in [2.45, 2.75) is 39.2 Å². The predicted octanol–water partition coefficient (Wildman–Crippen LogP) is 2.06. The average Bonchev–Trinajstić information content (AvgIpc) is 2.37. The fraction of sp³-hybridized carbons (Fsp3) is 0.533.